The van der Waals surface area contributed by atoms with Crippen LogP contribution in [0.25, 0.3) is 0 Å². The van der Waals surface area contributed by atoms with E-state index in [-0.39, 0.29) is 16.5 Å². The Morgan fingerprint density at radius 3 is 1.79 bits per heavy atom. The highest BCUT2D eigenvalue weighted by Gasteiger charge is 2.14. The zero-order chi connectivity index (χ0) is 21.1. The van der Waals surface area contributed by atoms with E-state index in [1.807, 2.05) is 0 Å². The lowest BCUT2D eigenvalue weighted by molar-refractivity contribution is -0.385. The summed E-state index contributed by atoms with van der Waals surface area (Å²) in [5.41, 5.74) is -0.00246. The highest BCUT2D eigenvalue weighted by Crippen LogP contribution is 2.19. The number of anilines is 1. The van der Waals surface area contributed by atoms with Crippen molar-refractivity contribution >= 4 is 28.8 Å². The molecule has 1 N–H and O–H groups in total. The minimum absolute atomic E-state index is 0.0490. The molecule has 2 aliphatic heterocycles. The van der Waals surface area contributed by atoms with Gasteiger partial charge in [0, 0.05) is 25.2 Å². The zero-order valence-electron chi connectivity index (χ0n) is 15.9. The molecular formula is C18H23ClN6O4. The van der Waals surface area contributed by atoms with Gasteiger partial charge in [0.05, 0.1) is 9.85 Å². The first kappa shape index (κ1) is 22.4. The molecule has 2 saturated heterocycles. The van der Waals surface area contributed by atoms with Crippen molar-refractivity contribution in [2.45, 2.75) is 25.7 Å². The summed E-state index contributed by atoms with van der Waals surface area (Å²) >= 11 is 5.38. The molecule has 4 heterocycles. The molecule has 0 amide bonds. The predicted octanol–water partition coefficient (Wildman–Crippen LogP) is 3.60. The summed E-state index contributed by atoms with van der Waals surface area (Å²) in [5, 5.41) is 23.9. The van der Waals surface area contributed by atoms with Gasteiger partial charge in [-0.05, 0) is 50.9 Å². The summed E-state index contributed by atoms with van der Waals surface area (Å²) in [4.78, 5) is 29.2. The molecule has 10 nitrogen and oxygen atoms in total. The van der Waals surface area contributed by atoms with Gasteiger partial charge < -0.3 is 10.2 Å². The van der Waals surface area contributed by atoms with Crippen LogP contribution in [0.1, 0.15) is 25.7 Å². The monoisotopic (exact) mass is 422 g/mol. The molecule has 0 bridgehead atoms. The van der Waals surface area contributed by atoms with Crippen LogP contribution in [0.5, 0.6) is 0 Å². The number of nitrogens with one attached hydrogen (secondary N) is 1. The van der Waals surface area contributed by atoms with Gasteiger partial charge in [-0.1, -0.05) is 11.6 Å². The number of aromatic nitrogens is 2. The van der Waals surface area contributed by atoms with Crippen LogP contribution >= 0.6 is 11.6 Å². The number of hydrogen-bond acceptors (Lipinski definition) is 8. The molecule has 29 heavy (non-hydrogen) atoms. The Bertz CT molecular complexity index is 770. The number of halogens is 1. The molecule has 0 aromatic carbocycles. The van der Waals surface area contributed by atoms with Crippen LogP contribution in [0.2, 0.25) is 5.15 Å². The van der Waals surface area contributed by atoms with Crippen LogP contribution in [0.15, 0.2) is 36.7 Å². The number of nitro groups is 2. The van der Waals surface area contributed by atoms with E-state index >= 15 is 0 Å². The smallest absolute Gasteiger partial charge is 0.287 e. The molecule has 2 aromatic rings. The fourth-order valence-electron chi connectivity index (χ4n) is 2.72. The standard InChI is InChI=1S/C9H11N3O2.C5H3ClN2O2.C4H9N/c13-12(14)8-3-4-9(10-7-8)11-5-1-2-6-11;6-5-2-1-4(3-7-5)8(9)10;1-2-4-5-3-1/h3-4,7H,1-2,5-6H2;1-3H;5H,1-4H2. The first-order valence-electron chi connectivity index (χ1n) is 9.29. The second kappa shape index (κ2) is 11.9. The first-order valence-corrected chi connectivity index (χ1v) is 9.67. The highest BCUT2D eigenvalue weighted by molar-refractivity contribution is 6.29. The summed E-state index contributed by atoms with van der Waals surface area (Å²) in [6, 6.07) is 5.89. The maximum atomic E-state index is 10.4. The molecule has 2 aliphatic rings. The van der Waals surface area contributed by atoms with E-state index in [2.05, 4.69) is 20.2 Å². The van der Waals surface area contributed by atoms with Gasteiger partial charge in [-0.2, -0.15) is 0 Å². The minimum Gasteiger partial charge on any atom is -0.357 e. The second-order valence-corrected chi connectivity index (χ2v) is 6.77. The SMILES string of the molecule is C1CCNC1.O=[N+]([O-])c1ccc(Cl)nc1.O=[N+]([O-])c1ccc(N2CCCC2)nc1. The Balaban J connectivity index is 0.000000173. The Morgan fingerprint density at radius 1 is 0.862 bits per heavy atom. The van der Waals surface area contributed by atoms with E-state index in [4.69, 9.17) is 11.6 Å². The van der Waals surface area contributed by atoms with Gasteiger partial charge in [-0.25, -0.2) is 9.97 Å². The van der Waals surface area contributed by atoms with Gasteiger partial charge in [0.25, 0.3) is 11.4 Å². The van der Waals surface area contributed by atoms with Crippen molar-refractivity contribution in [2.75, 3.05) is 31.1 Å². The Labute approximate surface area is 173 Å². The first-order chi connectivity index (χ1) is 14.0. The predicted molar refractivity (Wildman–Crippen MR) is 110 cm³/mol. The number of nitrogens with zero attached hydrogens (tertiary/aromatic N) is 5. The third-order valence-electron chi connectivity index (χ3n) is 4.25. The van der Waals surface area contributed by atoms with Crippen molar-refractivity contribution in [3.63, 3.8) is 0 Å². The molecule has 0 aliphatic carbocycles. The quantitative estimate of drug-likeness (QED) is 0.451. The Hall–Kier alpha value is -2.85. The van der Waals surface area contributed by atoms with Crippen LogP contribution in [0.3, 0.4) is 0 Å². The van der Waals surface area contributed by atoms with Crippen molar-refractivity contribution in [3.05, 3.63) is 62.0 Å². The van der Waals surface area contributed by atoms with Crippen LogP contribution in [0, 0.1) is 20.2 Å². The maximum Gasteiger partial charge on any atom is 0.287 e. The van der Waals surface area contributed by atoms with Crippen molar-refractivity contribution in [1.29, 1.82) is 0 Å². The molecule has 2 aromatic heterocycles. The lowest BCUT2D eigenvalue weighted by Crippen LogP contribution is -2.18. The van der Waals surface area contributed by atoms with Crippen molar-refractivity contribution < 1.29 is 9.85 Å². The lowest BCUT2D eigenvalue weighted by Gasteiger charge is -2.15. The van der Waals surface area contributed by atoms with Gasteiger partial charge in [-0.3, -0.25) is 20.2 Å². The van der Waals surface area contributed by atoms with Crippen molar-refractivity contribution in [3.8, 4) is 0 Å². The Kier molecular flexibility index (Phi) is 9.19. The molecule has 0 unspecified atom stereocenters. The van der Waals surface area contributed by atoms with Gasteiger partial charge >= 0.3 is 0 Å². The number of rotatable bonds is 3. The van der Waals surface area contributed by atoms with E-state index in [1.54, 1.807) is 6.07 Å². The van der Waals surface area contributed by atoms with Crippen LogP contribution in [0.4, 0.5) is 17.2 Å². The normalized spacial score (nSPS) is 15.0. The second-order valence-electron chi connectivity index (χ2n) is 6.38. The summed E-state index contributed by atoms with van der Waals surface area (Å²) < 4.78 is 0. The number of hydrogen-bond donors (Lipinski definition) is 1. The lowest BCUT2D eigenvalue weighted by atomic mass is 10.4. The van der Waals surface area contributed by atoms with Gasteiger partial charge in [0.2, 0.25) is 0 Å². The van der Waals surface area contributed by atoms with E-state index in [0.717, 1.165) is 25.1 Å². The highest BCUT2D eigenvalue weighted by atomic mass is 35.5. The minimum atomic E-state index is -0.524. The van der Waals surface area contributed by atoms with Gasteiger partial charge in [-0.15, -0.1) is 0 Å². The molecular weight excluding hydrogens is 400 g/mol. The summed E-state index contributed by atoms with van der Waals surface area (Å²) in [5.74, 6) is 0.841. The average Bonchev–Trinajstić information content (AvgIpc) is 3.45. The van der Waals surface area contributed by atoms with Crippen LogP contribution < -0.4 is 10.2 Å². The molecule has 0 radical (unpaired) electrons. The van der Waals surface area contributed by atoms with Crippen LogP contribution in [-0.4, -0.2) is 46.0 Å². The van der Waals surface area contributed by atoms with Gasteiger partial charge in [0.15, 0.2) is 0 Å². The summed E-state index contributed by atoms with van der Waals surface area (Å²) in [7, 11) is 0. The summed E-state index contributed by atoms with van der Waals surface area (Å²) in [6.07, 6.45) is 7.56. The third kappa shape index (κ3) is 7.96. The molecule has 0 atom stereocenters. The van der Waals surface area contributed by atoms with Gasteiger partial charge in [0.1, 0.15) is 23.4 Å². The summed E-state index contributed by atoms with van der Waals surface area (Å²) in [6.45, 7) is 4.51. The van der Waals surface area contributed by atoms with Crippen LogP contribution in [-0.2, 0) is 0 Å². The molecule has 11 heteroatoms. The van der Waals surface area contributed by atoms with E-state index in [9.17, 15) is 20.2 Å². The van der Waals surface area contributed by atoms with E-state index in [0.29, 0.717) is 0 Å². The fourth-order valence-corrected chi connectivity index (χ4v) is 2.83. The zero-order valence-corrected chi connectivity index (χ0v) is 16.6. The Morgan fingerprint density at radius 2 is 1.41 bits per heavy atom. The van der Waals surface area contributed by atoms with E-state index in [1.165, 1.54) is 63.2 Å². The third-order valence-corrected chi connectivity index (χ3v) is 4.48. The molecule has 0 saturated carbocycles. The number of pyridine rings is 2. The molecule has 4 rings (SSSR count). The molecule has 2 fully saturated rings. The maximum absolute atomic E-state index is 10.4. The van der Waals surface area contributed by atoms with Crippen molar-refractivity contribution in [2.24, 2.45) is 0 Å². The molecule has 0 spiro atoms. The van der Waals surface area contributed by atoms with E-state index < -0.39 is 9.85 Å². The largest absolute Gasteiger partial charge is 0.357 e. The fraction of sp³-hybridized carbons (Fsp3) is 0.444. The average molecular weight is 423 g/mol. The van der Waals surface area contributed by atoms with Crippen molar-refractivity contribution in [1.82, 2.24) is 15.3 Å². The molecule has 156 valence electrons. The topological polar surface area (TPSA) is 127 Å².